The molecular weight excluding hydrogens is 308 g/mol. The van der Waals surface area contributed by atoms with Gasteiger partial charge in [-0.2, -0.15) is 0 Å². The SMILES string of the molecule is CC(=O)NCCN(C(=O)CCc1cc(C)cc(C)c1)C(C)C(=O)O. The number of nitrogens with zero attached hydrogens (tertiary/aromatic N) is 1. The first-order chi connectivity index (χ1) is 11.2. The van der Waals surface area contributed by atoms with Gasteiger partial charge in [-0.05, 0) is 32.8 Å². The van der Waals surface area contributed by atoms with Gasteiger partial charge in [-0.3, -0.25) is 9.59 Å². The summed E-state index contributed by atoms with van der Waals surface area (Å²) in [6, 6.07) is 5.20. The highest BCUT2D eigenvalue weighted by Crippen LogP contribution is 2.12. The van der Waals surface area contributed by atoms with Gasteiger partial charge in [-0.15, -0.1) is 0 Å². The number of hydrogen-bond acceptors (Lipinski definition) is 3. The van der Waals surface area contributed by atoms with Crippen LogP contribution in [0.15, 0.2) is 18.2 Å². The molecule has 6 nitrogen and oxygen atoms in total. The smallest absolute Gasteiger partial charge is 0.326 e. The number of carbonyl (C=O) groups excluding carboxylic acids is 2. The number of nitrogens with one attached hydrogen (secondary N) is 1. The average Bonchev–Trinajstić information content (AvgIpc) is 2.47. The Labute approximate surface area is 142 Å². The summed E-state index contributed by atoms with van der Waals surface area (Å²) in [6.07, 6.45) is 0.797. The zero-order chi connectivity index (χ0) is 18.3. The summed E-state index contributed by atoms with van der Waals surface area (Å²) in [7, 11) is 0. The number of carbonyl (C=O) groups is 3. The third-order valence-corrected chi connectivity index (χ3v) is 3.78. The van der Waals surface area contributed by atoms with Gasteiger partial charge >= 0.3 is 5.97 Å². The molecule has 1 unspecified atom stereocenters. The van der Waals surface area contributed by atoms with Crippen molar-refractivity contribution in [2.75, 3.05) is 13.1 Å². The van der Waals surface area contributed by atoms with Crippen molar-refractivity contribution in [3.8, 4) is 0 Å². The molecule has 6 heteroatoms. The molecule has 0 radical (unpaired) electrons. The van der Waals surface area contributed by atoms with E-state index in [9.17, 15) is 19.5 Å². The van der Waals surface area contributed by atoms with Crippen LogP contribution in [0, 0.1) is 13.8 Å². The number of aliphatic carboxylic acids is 1. The normalized spacial score (nSPS) is 11.7. The summed E-state index contributed by atoms with van der Waals surface area (Å²) in [5.41, 5.74) is 3.34. The van der Waals surface area contributed by atoms with E-state index in [0.29, 0.717) is 6.42 Å². The van der Waals surface area contributed by atoms with Crippen molar-refractivity contribution in [1.29, 1.82) is 0 Å². The lowest BCUT2D eigenvalue weighted by Gasteiger charge is -2.26. The fourth-order valence-electron chi connectivity index (χ4n) is 2.63. The van der Waals surface area contributed by atoms with Crippen molar-refractivity contribution >= 4 is 17.8 Å². The van der Waals surface area contributed by atoms with Crippen LogP contribution in [0.4, 0.5) is 0 Å². The molecule has 0 heterocycles. The van der Waals surface area contributed by atoms with E-state index in [1.165, 1.54) is 18.7 Å². The summed E-state index contributed by atoms with van der Waals surface area (Å²) in [4.78, 5) is 35.9. The molecule has 0 bridgehead atoms. The number of amides is 2. The van der Waals surface area contributed by atoms with Crippen LogP contribution in [-0.4, -0.2) is 46.9 Å². The van der Waals surface area contributed by atoms with Crippen molar-refractivity contribution in [2.24, 2.45) is 0 Å². The molecule has 0 saturated heterocycles. The maximum absolute atomic E-state index is 12.5. The van der Waals surface area contributed by atoms with Crippen LogP contribution in [0.1, 0.15) is 37.0 Å². The van der Waals surface area contributed by atoms with E-state index < -0.39 is 12.0 Å². The molecule has 0 saturated carbocycles. The molecule has 0 aliphatic heterocycles. The van der Waals surface area contributed by atoms with Crippen LogP contribution >= 0.6 is 0 Å². The Bertz CT molecular complexity index is 593. The van der Waals surface area contributed by atoms with Gasteiger partial charge in [0.1, 0.15) is 6.04 Å². The topological polar surface area (TPSA) is 86.7 Å². The van der Waals surface area contributed by atoms with Crippen LogP contribution in [0.25, 0.3) is 0 Å². The molecular formula is C18H26N2O4. The molecule has 1 rings (SSSR count). The van der Waals surface area contributed by atoms with Crippen LogP contribution in [0.2, 0.25) is 0 Å². The first-order valence-corrected chi connectivity index (χ1v) is 8.04. The van der Waals surface area contributed by atoms with Gasteiger partial charge in [-0.1, -0.05) is 29.3 Å². The van der Waals surface area contributed by atoms with Gasteiger partial charge in [0.05, 0.1) is 0 Å². The second-order valence-electron chi connectivity index (χ2n) is 6.08. The quantitative estimate of drug-likeness (QED) is 0.757. The number of carboxylic acids is 1. The second-order valence-corrected chi connectivity index (χ2v) is 6.08. The summed E-state index contributed by atoms with van der Waals surface area (Å²) in [6.45, 7) is 7.29. The lowest BCUT2D eigenvalue weighted by atomic mass is 10.0. The lowest BCUT2D eigenvalue weighted by molar-refractivity contribution is -0.149. The van der Waals surface area contributed by atoms with Gasteiger partial charge in [-0.25, -0.2) is 4.79 Å². The summed E-state index contributed by atoms with van der Waals surface area (Å²) in [5, 5.41) is 11.8. The molecule has 0 spiro atoms. The van der Waals surface area contributed by atoms with E-state index in [-0.39, 0.29) is 31.3 Å². The minimum atomic E-state index is -1.06. The molecule has 132 valence electrons. The molecule has 0 aliphatic rings. The predicted octanol–water partition coefficient (Wildman–Crippen LogP) is 1.67. The van der Waals surface area contributed by atoms with Crippen molar-refractivity contribution in [2.45, 2.75) is 46.6 Å². The van der Waals surface area contributed by atoms with E-state index in [2.05, 4.69) is 11.4 Å². The first kappa shape index (κ1) is 19.7. The number of aryl methyl sites for hydroxylation is 3. The Morgan fingerprint density at radius 2 is 1.75 bits per heavy atom. The van der Waals surface area contributed by atoms with E-state index >= 15 is 0 Å². The third-order valence-electron chi connectivity index (χ3n) is 3.78. The summed E-state index contributed by atoms with van der Waals surface area (Å²) < 4.78 is 0. The fraction of sp³-hybridized carbons (Fsp3) is 0.500. The third kappa shape index (κ3) is 6.40. The monoisotopic (exact) mass is 334 g/mol. The summed E-state index contributed by atoms with van der Waals surface area (Å²) in [5.74, 6) is -1.49. The van der Waals surface area contributed by atoms with Gasteiger partial charge in [0, 0.05) is 26.4 Å². The highest BCUT2D eigenvalue weighted by molar-refractivity contribution is 5.83. The fourth-order valence-corrected chi connectivity index (χ4v) is 2.63. The van der Waals surface area contributed by atoms with Gasteiger partial charge < -0.3 is 15.3 Å². The zero-order valence-electron chi connectivity index (χ0n) is 14.8. The minimum Gasteiger partial charge on any atom is -0.480 e. The van der Waals surface area contributed by atoms with E-state index in [1.807, 2.05) is 26.0 Å². The highest BCUT2D eigenvalue weighted by Gasteiger charge is 2.24. The molecule has 1 aromatic carbocycles. The number of benzene rings is 1. The van der Waals surface area contributed by atoms with Gasteiger partial charge in [0.25, 0.3) is 0 Å². The second kappa shape index (κ2) is 9.05. The molecule has 0 fully saturated rings. The molecule has 24 heavy (non-hydrogen) atoms. The van der Waals surface area contributed by atoms with E-state index in [1.54, 1.807) is 0 Å². The molecule has 0 aliphatic carbocycles. The zero-order valence-corrected chi connectivity index (χ0v) is 14.8. The molecule has 0 aromatic heterocycles. The molecule has 2 amide bonds. The van der Waals surface area contributed by atoms with Crippen LogP contribution in [0.5, 0.6) is 0 Å². The van der Waals surface area contributed by atoms with Crippen LogP contribution in [-0.2, 0) is 20.8 Å². The Hall–Kier alpha value is -2.37. The average molecular weight is 334 g/mol. The Morgan fingerprint density at radius 3 is 2.25 bits per heavy atom. The van der Waals surface area contributed by atoms with E-state index in [4.69, 9.17) is 0 Å². The van der Waals surface area contributed by atoms with E-state index in [0.717, 1.165) is 16.7 Å². The van der Waals surface area contributed by atoms with Crippen LogP contribution in [0.3, 0.4) is 0 Å². The van der Waals surface area contributed by atoms with Gasteiger partial charge in [0.15, 0.2) is 0 Å². The number of rotatable bonds is 8. The van der Waals surface area contributed by atoms with Crippen molar-refractivity contribution < 1.29 is 19.5 Å². The largest absolute Gasteiger partial charge is 0.480 e. The Morgan fingerprint density at radius 1 is 1.17 bits per heavy atom. The number of carboxylic acid groups (broad SMARTS) is 1. The Balaban J connectivity index is 2.72. The lowest BCUT2D eigenvalue weighted by Crippen LogP contribution is -2.46. The predicted molar refractivity (Wildman–Crippen MR) is 91.7 cm³/mol. The molecule has 1 aromatic rings. The van der Waals surface area contributed by atoms with Crippen molar-refractivity contribution in [3.05, 3.63) is 34.9 Å². The number of hydrogen-bond donors (Lipinski definition) is 2. The first-order valence-electron chi connectivity index (χ1n) is 8.04. The highest BCUT2D eigenvalue weighted by atomic mass is 16.4. The standard InChI is InChI=1S/C18H26N2O4/c1-12-9-13(2)11-16(10-12)5-6-17(22)20(14(3)18(23)24)8-7-19-15(4)21/h9-11,14H,5-8H2,1-4H3,(H,19,21)(H,23,24). The summed E-state index contributed by atoms with van der Waals surface area (Å²) >= 11 is 0. The maximum atomic E-state index is 12.5. The van der Waals surface area contributed by atoms with Crippen molar-refractivity contribution in [1.82, 2.24) is 10.2 Å². The minimum absolute atomic E-state index is 0.179. The molecule has 2 N–H and O–H groups in total. The molecule has 1 atom stereocenters. The van der Waals surface area contributed by atoms with Crippen molar-refractivity contribution in [3.63, 3.8) is 0 Å². The van der Waals surface area contributed by atoms with Gasteiger partial charge in [0.2, 0.25) is 11.8 Å². The Kier molecular flexibility index (Phi) is 7.42. The van der Waals surface area contributed by atoms with Crippen LogP contribution < -0.4 is 5.32 Å². The maximum Gasteiger partial charge on any atom is 0.326 e.